The molecule has 242 valence electrons. The molecule has 0 spiro atoms. The van der Waals surface area contributed by atoms with E-state index in [1.807, 2.05) is 70.2 Å². The maximum Gasteiger partial charge on any atom is 0.264 e. The molecule has 0 heterocycles. The van der Waals surface area contributed by atoms with E-state index >= 15 is 0 Å². The number of nitrogens with zero attached hydrogens (tertiary/aromatic N) is 2. The Morgan fingerprint density at radius 2 is 1.43 bits per heavy atom. The summed E-state index contributed by atoms with van der Waals surface area (Å²) >= 11 is 12.5. The number of nitrogens with one attached hydrogen (secondary N) is 1. The Morgan fingerprint density at radius 3 is 2.07 bits per heavy atom. The SMILES string of the molecule is Cc1ccc(S(=O)(=O)N(CC(=O)N(Cc2ccc(Cl)c(Cl)c2)[C@@H](Cc2ccccc2)C(=O)NC(C)C)c2cc(C)ccc2C)cc1. The number of carbonyl (C=O) groups is 2. The first kappa shape index (κ1) is 35.0. The van der Waals surface area contributed by atoms with E-state index < -0.39 is 28.5 Å². The van der Waals surface area contributed by atoms with Gasteiger partial charge in [-0.1, -0.05) is 89.4 Å². The van der Waals surface area contributed by atoms with Gasteiger partial charge < -0.3 is 10.2 Å². The molecule has 4 rings (SSSR count). The van der Waals surface area contributed by atoms with Gasteiger partial charge in [0.15, 0.2) is 0 Å². The molecule has 4 aromatic rings. The number of hydrogen-bond donors (Lipinski definition) is 1. The summed E-state index contributed by atoms with van der Waals surface area (Å²) in [6.07, 6.45) is 0.209. The molecule has 1 N–H and O–H groups in total. The van der Waals surface area contributed by atoms with Crippen molar-refractivity contribution in [2.24, 2.45) is 0 Å². The largest absolute Gasteiger partial charge is 0.352 e. The first-order valence-electron chi connectivity index (χ1n) is 15.0. The minimum Gasteiger partial charge on any atom is -0.352 e. The van der Waals surface area contributed by atoms with E-state index in [9.17, 15) is 18.0 Å². The van der Waals surface area contributed by atoms with Crippen LogP contribution in [0.1, 0.15) is 41.7 Å². The average Bonchev–Trinajstić information content (AvgIpc) is 3.01. The van der Waals surface area contributed by atoms with Crippen LogP contribution in [-0.4, -0.2) is 43.8 Å². The van der Waals surface area contributed by atoms with Crippen molar-refractivity contribution in [3.8, 4) is 0 Å². The molecular weight excluding hydrogens is 641 g/mol. The molecule has 1 atom stereocenters. The van der Waals surface area contributed by atoms with E-state index in [-0.39, 0.29) is 29.8 Å². The molecule has 0 fully saturated rings. The number of rotatable bonds is 12. The Morgan fingerprint density at radius 1 is 0.783 bits per heavy atom. The second-order valence-electron chi connectivity index (χ2n) is 11.8. The van der Waals surface area contributed by atoms with Gasteiger partial charge in [0.1, 0.15) is 12.6 Å². The van der Waals surface area contributed by atoms with Crippen molar-refractivity contribution in [3.63, 3.8) is 0 Å². The minimum absolute atomic E-state index is 0.00996. The number of hydrogen-bond acceptors (Lipinski definition) is 4. The summed E-state index contributed by atoms with van der Waals surface area (Å²) in [6.45, 7) is 8.69. The Balaban J connectivity index is 1.85. The van der Waals surface area contributed by atoms with Crippen LogP contribution >= 0.6 is 23.2 Å². The highest BCUT2D eigenvalue weighted by Gasteiger charge is 2.35. The van der Waals surface area contributed by atoms with Crippen LogP contribution in [0, 0.1) is 20.8 Å². The standard InChI is InChI=1S/C36H39Cl2N3O4S/c1-24(2)39-36(43)34(21-28-9-7-6-8-10-28)40(22-29-15-18-31(37)32(38)20-29)35(42)23-41(33-19-26(4)11-14-27(33)5)46(44,45)30-16-12-25(3)13-17-30/h6-20,24,34H,21-23H2,1-5H3,(H,39,43)/t34-/m0/s1. The Hall–Kier alpha value is -3.85. The molecule has 0 saturated heterocycles. The van der Waals surface area contributed by atoms with Crippen molar-refractivity contribution in [2.45, 2.75) is 64.6 Å². The van der Waals surface area contributed by atoms with Gasteiger partial charge in [0.25, 0.3) is 10.0 Å². The molecule has 0 bridgehead atoms. The number of carbonyl (C=O) groups excluding carboxylic acids is 2. The zero-order valence-corrected chi connectivity index (χ0v) is 29.0. The van der Waals surface area contributed by atoms with Crippen molar-refractivity contribution < 1.29 is 18.0 Å². The summed E-state index contributed by atoms with van der Waals surface area (Å²) in [5.41, 5.74) is 4.29. The molecule has 0 saturated carbocycles. The van der Waals surface area contributed by atoms with Gasteiger partial charge >= 0.3 is 0 Å². The van der Waals surface area contributed by atoms with Crippen LogP contribution in [0.5, 0.6) is 0 Å². The number of halogens is 2. The Bertz CT molecular complexity index is 1800. The summed E-state index contributed by atoms with van der Waals surface area (Å²) in [4.78, 5) is 29.9. The molecular formula is C36H39Cl2N3O4S. The van der Waals surface area contributed by atoms with E-state index in [0.717, 1.165) is 21.0 Å². The molecule has 7 nitrogen and oxygen atoms in total. The smallest absolute Gasteiger partial charge is 0.264 e. The van der Waals surface area contributed by atoms with Crippen LogP contribution < -0.4 is 9.62 Å². The van der Waals surface area contributed by atoms with Crippen molar-refractivity contribution >= 4 is 50.7 Å². The van der Waals surface area contributed by atoms with Crippen LogP contribution in [0.4, 0.5) is 5.69 Å². The fourth-order valence-electron chi connectivity index (χ4n) is 5.11. The van der Waals surface area contributed by atoms with Crippen molar-refractivity contribution in [1.29, 1.82) is 0 Å². The summed E-state index contributed by atoms with van der Waals surface area (Å²) in [7, 11) is -4.20. The quantitative estimate of drug-likeness (QED) is 0.171. The molecule has 2 amide bonds. The fraction of sp³-hybridized carbons (Fsp3) is 0.278. The average molecular weight is 681 g/mol. The third-order valence-corrected chi connectivity index (χ3v) is 10.1. The molecule has 0 aliphatic rings. The van der Waals surface area contributed by atoms with Gasteiger partial charge in [0, 0.05) is 19.0 Å². The minimum atomic E-state index is -4.20. The molecule has 0 aliphatic heterocycles. The highest BCUT2D eigenvalue weighted by atomic mass is 35.5. The van der Waals surface area contributed by atoms with Crippen LogP contribution in [0.2, 0.25) is 10.0 Å². The van der Waals surface area contributed by atoms with Crippen molar-refractivity contribution in [3.05, 3.63) is 129 Å². The maximum absolute atomic E-state index is 14.6. The monoisotopic (exact) mass is 679 g/mol. The highest BCUT2D eigenvalue weighted by Crippen LogP contribution is 2.30. The molecule has 46 heavy (non-hydrogen) atoms. The second kappa shape index (κ2) is 15.2. The van der Waals surface area contributed by atoms with Gasteiger partial charge in [-0.3, -0.25) is 13.9 Å². The predicted octanol–water partition coefficient (Wildman–Crippen LogP) is 7.28. The van der Waals surface area contributed by atoms with Gasteiger partial charge in [-0.05, 0) is 87.2 Å². The summed E-state index contributed by atoms with van der Waals surface area (Å²) in [5, 5.41) is 3.61. The van der Waals surface area contributed by atoms with Crippen LogP contribution in [-0.2, 0) is 32.6 Å². The van der Waals surface area contributed by atoms with E-state index in [0.29, 0.717) is 26.9 Å². The van der Waals surface area contributed by atoms with Crippen molar-refractivity contribution in [2.75, 3.05) is 10.8 Å². The van der Waals surface area contributed by atoms with Crippen LogP contribution in [0.3, 0.4) is 0 Å². The summed E-state index contributed by atoms with van der Waals surface area (Å²) < 4.78 is 29.7. The Labute approximate surface area is 282 Å². The zero-order valence-electron chi connectivity index (χ0n) is 26.6. The topological polar surface area (TPSA) is 86.8 Å². The van der Waals surface area contributed by atoms with E-state index in [2.05, 4.69) is 5.32 Å². The van der Waals surface area contributed by atoms with Gasteiger partial charge in [0.2, 0.25) is 11.8 Å². The lowest BCUT2D eigenvalue weighted by Crippen LogP contribution is -2.54. The predicted molar refractivity (Wildman–Crippen MR) is 186 cm³/mol. The van der Waals surface area contributed by atoms with E-state index in [4.69, 9.17) is 23.2 Å². The second-order valence-corrected chi connectivity index (χ2v) is 14.4. The lowest BCUT2D eigenvalue weighted by atomic mass is 10.0. The molecule has 4 aromatic carbocycles. The number of sulfonamides is 1. The first-order chi connectivity index (χ1) is 21.8. The molecule has 0 unspecified atom stereocenters. The number of benzene rings is 4. The number of amides is 2. The molecule has 10 heteroatoms. The number of aryl methyl sites for hydroxylation is 3. The third-order valence-electron chi connectivity index (χ3n) is 7.56. The first-order valence-corrected chi connectivity index (χ1v) is 17.2. The zero-order chi connectivity index (χ0) is 33.6. The normalized spacial score (nSPS) is 12.1. The molecule has 0 aliphatic carbocycles. The van der Waals surface area contributed by atoms with Gasteiger partial charge in [-0.15, -0.1) is 0 Å². The van der Waals surface area contributed by atoms with Crippen molar-refractivity contribution in [1.82, 2.24) is 10.2 Å². The van der Waals surface area contributed by atoms with Crippen LogP contribution in [0.15, 0.2) is 95.9 Å². The highest BCUT2D eigenvalue weighted by molar-refractivity contribution is 7.92. The molecule has 0 radical (unpaired) electrons. The number of anilines is 1. The maximum atomic E-state index is 14.6. The lowest BCUT2D eigenvalue weighted by Gasteiger charge is -2.34. The van der Waals surface area contributed by atoms with Crippen LogP contribution in [0.25, 0.3) is 0 Å². The lowest BCUT2D eigenvalue weighted by molar-refractivity contribution is -0.140. The van der Waals surface area contributed by atoms with E-state index in [1.54, 1.807) is 43.3 Å². The summed E-state index contributed by atoms with van der Waals surface area (Å²) in [6, 6.07) is 25.2. The third kappa shape index (κ3) is 8.69. The van der Waals surface area contributed by atoms with Gasteiger partial charge in [-0.25, -0.2) is 8.42 Å². The van der Waals surface area contributed by atoms with Gasteiger partial charge in [-0.2, -0.15) is 0 Å². The van der Waals surface area contributed by atoms with E-state index in [1.165, 1.54) is 17.0 Å². The fourth-order valence-corrected chi connectivity index (χ4v) is 6.90. The molecule has 0 aromatic heterocycles. The Kier molecular flexibility index (Phi) is 11.5. The van der Waals surface area contributed by atoms with Gasteiger partial charge in [0.05, 0.1) is 20.6 Å². The summed E-state index contributed by atoms with van der Waals surface area (Å²) in [5.74, 6) is -0.908.